The van der Waals surface area contributed by atoms with Crippen LogP contribution in [0.4, 0.5) is 4.79 Å². The highest BCUT2D eigenvalue weighted by molar-refractivity contribution is 5.79. The summed E-state index contributed by atoms with van der Waals surface area (Å²) in [6, 6.07) is 9.05. The molecule has 124 valence electrons. The van der Waals surface area contributed by atoms with Crippen LogP contribution < -0.4 is 16.4 Å². The molecule has 0 bridgehead atoms. The van der Waals surface area contributed by atoms with E-state index in [4.69, 9.17) is 10.2 Å². The van der Waals surface area contributed by atoms with E-state index in [0.29, 0.717) is 13.0 Å². The number of furan rings is 1. The van der Waals surface area contributed by atoms with Gasteiger partial charge in [-0.05, 0) is 31.9 Å². The van der Waals surface area contributed by atoms with Crippen LogP contribution in [-0.4, -0.2) is 18.5 Å². The molecule has 6 heteroatoms. The van der Waals surface area contributed by atoms with Crippen molar-refractivity contribution in [2.75, 3.05) is 6.54 Å². The van der Waals surface area contributed by atoms with Gasteiger partial charge in [-0.2, -0.15) is 0 Å². The zero-order chi connectivity index (χ0) is 16.7. The molecule has 0 fully saturated rings. The van der Waals surface area contributed by atoms with Crippen LogP contribution in [0.15, 0.2) is 34.7 Å². The fourth-order valence-electron chi connectivity index (χ4n) is 2.40. The van der Waals surface area contributed by atoms with Gasteiger partial charge < -0.3 is 20.8 Å². The van der Waals surface area contributed by atoms with E-state index in [9.17, 15) is 9.59 Å². The largest absolute Gasteiger partial charge is 0.459 e. The Balaban J connectivity index is 1.71. The van der Waals surface area contributed by atoms with Crippen molar-refractivity contribution in [3.8, 4) is 0 Å². The van der Waals surface area contributed by atoms with E-state index in [-0.39, 0.29) is 11.9 Å². The number of nitrogens with two attached hydrogens (primary N) is 1. The van der Waals surface area contributed by atoms with E-state index in [1.165, 1.54) is 0 Å². The number of carbonyl (C=O) groups excluding carboxylic acids is 2. The van der Waals surface area contributed by atoms with Gasteiger partial charge in [0.2, 0.25) is 5.91 Å². The van der Waals surface area contributed by atoms with E-state index in [1.54, 1.807) is 0 Å². The number of primary amides is 1. The van der Waals surface area contributed by atoms with Crippen LogP contribution in [-0.2, 0) is 4.79 Å². The summed E-state index contributed by atoms with van der Waals surface area (Å²) in [6.45, 7) is 2.46. The Morgan fingerprint density at radius 3 is 2.74 bits per heavy atom. The lowest BCUT2D eigenvalue weighted by atomic mass is 10.1. The number of rotatable bonds is 8. The lowest BCUT2D eigenvalue weighted by Crippen LogP contribution is -2.30. The van der Waals surface area contributed by atoms with Crippen molar-refractivity contribution in [1.82, 2.24) is 10.6 Å². The van der Waals surface area contributed by atoms with Gasteiger partial charge in [0, 0.05) is 18.4 Å². The van der Waals surface area contributed by atoms with E-state index in [0.717, 1.165) is 36.0 Å². The summed E-state index contributed by atoms with van der Waals surface area (Å²) in [5.41, 5.74) is 5.79. The maximum absolute atomic E-state index is 11.9. The molecule has 0 saturated carbocycles. The average Bonchev–Trinajstić information content (AvgIpc) is 2.94. The Kier molecular flexibility index (Phi) is 6.02. The third-order valence-electron chi connectivity index (χ3n) is 3.63. The quantitative estimate of drug-likeness (QED) is 0.653. The van der Waals surface area contributed by atoms with E-state index < -0.39 is 6.03 Å². The molecule has 1 heterocycles. The first-order valence-electron chi connectivity index (χ1n) is 7.87. The molecule has 23 heavy (non-hydrogen) atoms. The first-order chi connectivity index (χ1) is 11.1. The standard InChI is InChI=1S/C17H23N3O3/c1-12(15-11-13-7-4-5-8-14(13)23-15)20-16(21)9-3-2-6-10-19-17(18)22/h4-5,7-8,11-12H,2-3,6,9-10H2,1H3,(H,20,21)(H3,18,19,22)/t12-/m0/s1. The van der Waals surface area contributed by atoms with Crippen LogP contribution in [0.5, 0.6) is 0 Å². The van der Waals surface area contributed by atoms with Crippen molar-refractivity contribution >= 4 is 22.9 Å². The number of unbranched alkanes of at least 4 members (excludes halogenated alkanes) is 2. The lowest BCUT2D eigenvalue weighted by molar-refractivity contribution is -0.122. The minimum Gasteiger partial charge on any atom is -0.459 e. The second-order valence-corrected chi connectivity index (χ2v) is 5.58. The SMILES string of the molecule is C[C@H](NC(=O)CCCCCNC(N)=O)c1cc2ccccc2o1. The molecule has 4 N–H and O–H groups in total. The maximum atomic E-state index is 11.9. The van der Waals surface area contributed by atoms with Crippen molar-refractivity contribution in [2.45, 2.75) is 38.6 Å². The predicted octanol–water partition coefficient (Wildman–Crippen LogP) is 2.84. The van der Waals surface area contributed by atoms with Crippen LogP contribution >= 0.6 is 0 Å². The van der Waals surface area contributed by atoms with E-state index in [2.05, 4.69) is 10.6 Å². The van der Waals surface area contributed by atoms with Gasteiger partial charge in [-0.1, -0.05) is 24.6 Å². The molecule has 3 amide bonds. The Morgan fingerprint density at radius 2 is 2.00 bits per heavy atom. The zero-order valence-electron chi connectivity index (χ0n) is 13.3. The Hall–Kier alpha value is -2.50. The molecule has 1 atom stereocenters. The van der Waals surface area contributed by atoms with Crippen molar-refractivity contribution in [2.24, 2.45) is 5.73 Å². The summed E-state index contributed by atoms with van der Waals surface area (Å²) in [5, 5.41) is 6.50. The number of urea groups is 1. The number of para-hydroxylation sites is 1. The molecule has 6 nitrogen and oxygen atoms in total. The minimum absolute atomic E-state index is 0.000756. The smallest absolute Gasteiger partial charge is 0.312 e. The summed E-state index contributed by atoms with van der Waals surface area (Å²) in [5.74, 6) is 0.756. The molecule has 0 unspecified atom stereocenters. The van der Waals surface area contributed by atoms with E-state index >= 15 is 0 Å². The monoisotopic (exact) mass is 317 g/mol. The van der Waals surface area contributed by atoms with Gasteiger partial charge in [-0.3, -0.25) is 4.79 Å². The summed E-state index contributed by atoms with van der Waals surface area (Å²) in [4.78, 5) is 22.4. The number of nitrogens with one attached hydrogen (secondary N) is 2. The molecule has 2 aromatic rings. The summed E-state index contributed by atoms with van der Waals surface area (Å²) >= 11 is 0. The van der Waals surface area contributed by atoms with Gasteiger partial charge in [0.25, 0.3) is 0 Å². The molecular weight excluding hydrogens is 294 g/mol. The van der Waals surface area contributed by atoms with Gasteiger partial charge in [-0.15, -0.1) is 0 Å². The molecule has 2 rings (SSSR count). The Labute approximate surface area is 135 Å². The molecule has 0 spiro atoms. The normalized spacial score (nSPS) is 12.0. The van der Waals surface area contributed by atoms with Gasteiger partial charge in [0.15, 0.2) is 0 Å². The second kappa shape index (κ2) is 8.22. The molecule has 0 aliphatic carbocycles. The minimum atomic E-state index is -0.512. The molecule has 0 aliphatic heterocycles. The van der Waals surface area contributed by atoms with Crippen molar-refractivity contribution in [1.29, 1.82) is 0 Å². The van der Waals surface area contributed by atoms with Gasteiger partial charge in [0.05, 0.1) is 6.04 Å². The zero-order valence-corrected chi connectivity index (χ0v) is 13.3. The molecule has 0 aliphatic rings. The van der Waals surface area contributed by atoms with Gasteiger partial charge >= 0.3 is 6.03 Å². The Bertz CT molecular complexity index is 633. The fourth-order valence-corrected chi connectivity index (χ4v) is 2.40. The number of carbonyl (C=O) groups is 2. The highest BCUT2D eigenvalue weighted by Crippen LogP contribution is 2.23. The third-order valence-corrected chi connectivity index (χ3v) is 3.63. The molecule has 0 radical (unpaired) electrons. The van der Waals surface area contributed by atoms with Crippen LogP contribution in [0, 0.1) is 0 Å². The van der Waals surface area contributed by atoms with E-state index in [1.807, 2.05) is 37.3 Å². The first-order valence-corrected chi connectivity index (χ1v) is 7.87. The number of hydrogen-bond acceptors (Lipinski definition) is 3. The van der Waals surface area contributed by atoms with Gasteiger partial charge in [0.1, 0.15) is 11.3 Å². The fraction of sp³-hybridized carbons (Fsp3) is 0.412. The number of amides is 3. The summed E-state index contributed by atoms with van der Waals surface area (Å²) in [6.07, 6.45) is 2.92. The highest BCUT2D eigenvalue weighted by atomic mass is 16.3. The maximum Gasteiger partial charge on any atom is 0.312 e. The van der Waals surface area contributed by atoms with Crippen molar-refractivity contribution in [3.63, 3.8) is 0 Å². The average molecular weight is 317 g/mol. The Morgan fingerprint density at radius 1 is 1.22 bits per heavy atom. The van der Waals surface area contributed by atoms with Gasteiger partial charge in [-0.25, -0.2) is 4.79 Å². The highest BCUT2D eigenvalue weighted by Gasteiger charge is 2.13. The van der Waals surface area contributed by atoms with Crippen LogP contribution in [0.2, 0.25) is 0 Å². The van der Waals surface area contributed by atoms with Crippen LogP contribution in [0.3, 0.4) is 0 Å². The lowest BCUT2D eigenvalue weighted by Gasteiger charge is -2.11. The topological polar surface area (TPSA) is 97.4 Å². The predicted molar refractivity (Wildman–Crippen MR) is 88.8 cm³/mol. The number of hydrogen-bond donors (Lipinski definition) is 3. The first kappa shape index (κ1) is 16.9. The molecule has 1 aromatic carbocycles. The summed E-state index contributed by atoms with van der Waals surface area (Å²) in [7, 11) is 0. The molecule has 1 aromatic heterocycles. The summed E-state index contributed by atoms with van der Waals surface area (Å²) < 4.78 is 5.74. The third kappa shape index (κ3) is 5.32. The number of benzene rings is 1. The van der Waals surface area contributed by atoms with Crippen LogP contribution in [0.1, 0.15) is 44.4 Å². The molecular formula is C17H23N3O3. The van der Waals surface area contributed by atoms with Crippen molar-refractivity contribution < 1.29 is 14.0 Å². The second-order valence-electron chi connectivity index (χ2n) is 5.58. The molecule has 0 saturated heterocycles. The van der Waals surface area contributed by atoms with Crippen molar-refractivity contribution in [3.05, 3.63) is 36.1 Å². The number of fused-ring (bicyclic) bond motifs is 1. The van der Waals surface area contributed by atoms with Crippen LogP contribution in [0.25, 0.3) is 11.0 Å².